The highest BCUT2D eigenvalue weighted by Gasteiger charge is 2.27. The number of carbonyl (C=O) groups excluding carboxylic acids is 2. The van der Waals surface area contributed by atoms with Crippen LogP contribution in [0, 0.1) is 0 Å². The molecule has 1 aromatic carbocycles. The van der Waals surface area contributed by atoms with E-state index in [2.05, 4.69) is 17.9 Å². The second-order valence-electron chi connectivity index (χ2n) is 4.23. The van der Waals surface area contributed by atoms with Crippen molar-refractivity contribution >= 4 is 24.5 Å². The first kappa shape index (κ1) is 13.0. The van der Waals surface area contributed by atoms with Gasteiger partial charge in [-0.1, -0.05) is 24.3 Å². The van der Waals surface area contributed by atoms with Crippen molar-refractivity contribution in [2.75, 3.05) is 6.61 Å². The Morgan fingerprint density at radius 1 is 1.33 bits per heavy atom. The van der Waals surface area contributed by atoms with Gasteiger partial charge in [0.25, 0.3) is 0 Å². The summed E-state index contributed by atoms with van der Waals surface area (Å²) in [7, 11) is 0. The van der Waals surface area contributed by atoms with E-state index in [1.807, 2.05) is 24.3 Å². The molecule has 0 bridgehead atoms. The highest BCUT2D eigenvalue weighted by molar-refractivity contribution is 7.79. The van der Waals surface area contributed by atoms with Crippen LogP contribution in [0.15, 0.2) is 24.3 Å². The van der Waals surface area contributed by atoms with E-state index in [-0.39, 0.29) is 18.3 Å². The molecule has 0 saturated carbocycles. The molecule has 0 aromatic heterocycles. The molecule has 4 nitrogen and oxygen atoms in total. The van der Waals surface area contributed by atoms with Crippen molar-refractivity contribution in [2.24, 2.45) is 0 Å². The summed E-state index contributed by atoms with van der Waals surface area (Å²) in [6.07, 6.45) is 0.833. The number of hydrogen-bond donors (Lipinski definition) is 2. The lowest BCUT2D eigenvalue weighted by atomic mass is 10.1. The lowest BCUT2D eigenvalue weighted by molar-refractivity contribution is -0.141. The molecule has 96 valence electrons. The van der Waals surface area contributed by atoms with E-state index >= 15 is 0 Å². The van der Waals surface area contributed by atoms with Gasteiger partial charge in [0.05, 0.1) is 13.0 Å². The summed E-state index contributed by atoms with van der Waals surface area (Å²) in [5.74, 6) is 0.187. The molecule has 1 unspecified atom stereocenters. The third-order valence-corrected chi connectivity index (χ3v) is 3.21. The number of benzene rings is 1. The normalized spacial score (nSPS) is 18.5. The van der Waals surface area contributed by atoms with Crippen LogP contribution in [0.1, 0.15) is 17.5 Å². The zero-order valence-electron chi connectivity index (χ0n) is 9.89. The van der Waals surface area contributed by atoms with Gasteiger partial charge >= 0.3 is 5.97 Å². The van der Waals surface area contributed by atoms with E-state index in [1.165, 1.54) is 0 Å². The summed E-state index contributed by atoms with van der Waals surface area (Å²) in [4.78, 5) is 22.9. The number of cyclic esters (lactones) is 1. The average Bonchev–Trinajstić information content (AvgIpc) is 2.76. The molecule has 5 heteroatoms. The van der Waals surface area contributed by atoms with E-state index < -0.39 is 6.04 Å². The van der Waals surface area contributed by atoms with Crippen molar-refractivity contribution in [3.05, 3.63) is 35.4 Å². The van der Waals surface area contributed by atoms with Gasteiger partial charge in [0.1, 0.15) is 6.04 Å². The van der Waals surface area contributed by atoms with Gasteiger partial charge in [-0.3, -0.25) is 4.79 Å². The number of carbonyl (C=O) groups is 2. The van der Waals surface area contributed by atoms with Crippen molar-refractivity contribution in [1.29, 1.82) is 0 Å². The molecule has 1 aliphatic rings. The Kier molecular flexibility index (Phi) is 4.25. The second kappa shape index (κ2) is 5.91. The number of nitrogens with one attached hydrogen (secondary N) is 1. The predicted octanol–water partition coefficient (Wildman–Crippen LogP) is 1.09. The molecule has 2 rings (SSSR count). The van der Waals surface area contributed by atoms with Crippen LogP contribution in [0.25, 0.3) is 0 Å². The predicted molar refractivity (Wildman–Crippen MR) is 70.3 cm³/mol. The fourth-order valence-corrected chi connectivity index (χ4v) is 2.03. The fourth-order valence-electron chi connectivity index (χ4n) is 1.82. The van der Waals surface area contributed by atoms with Crippen molar-refractivity contribution in [1.82, 2.24) is 5.32 Å². The van der Waals surface area contributed by atoms with E-state index in [0.29, 0.717) is 18.8 Å². The first-order valence-corrected chi connectivity index (χ1v) is 6.47. The first-order valence-electron chi connectivity index (χ1n) is 5.83. The molecule has 0 spiro atoms. The summed E-state index contributed by atoms with van der Waals surface area (Å²) < 4.78 is 4.78. The molecule has 1 atom stereocenters. The molecular formula is C13H15NO3S. The number of thiol groups is 1. The van der Waals surface area contributed by atoms with Gasteiger partial charge in [0, 0.05) is 12.2 Å². The van der Waals surface area contributed by atoms with Gasteiger partial charge in [-0.05, 0) is 11.1 Å². The van der Waals surface area contributed by atoms with Crippen LogP contribution >= 0.6 is 12.6 Å². The number of ether oxygens (including phenoxy) is 1. The molecule has 1 heterocycles. The van der Waals surface area contributed by atoms with Crippen LogP contribution < -0.4 is 5.32 Å². The van der Waals surface area contributed by atoms with Gasteiger partial charge < -0.3 is 10.1 Å². The summed E-state index contributed by atoms with van der Waals surface area (Å²) >= 11 is 4.17. The van der Waals surface area contributed by atoms with Crippen molar-refractivity contribution in [3.63, 3.8) is 0 Å². The summed E-state index contributed by atoms with van der Waals surface area (Å²) in [5.41, 5.74) is 2.03. The quantitative estimate of drug-likeness (QED) is 0.633. The minimum Gasteiger partial charge on any atom is -0.464 e. The fraction of sp³-hybridized carbons (Fsp3) is 0.385. The molecule has 1 saturated heterocycles. The highest BCUT2D eigenvalue weighted by Crippen LogP contribution is 2.09. The second-order valence-corrected chi connectivity index (χ2v) is 4.54. The van der Waals surface area contributed by atoms with E-state index in [4.69, 9.17) is 4.74 Å². The number of esters is 1. The van der Waals surface area contributed by atoms with Crippen LogP contribution in [0.4, 0.5) is 0 Å². The zero-order valence-corrected chi connectivity index (χ0v) is 10.8. The Bertz CT molecular complexity index is 444. The molecule has 1 amide bonds. The van der Waals surface area contributed by atoms with Crippen LogP contribution in [-0.4, -0.2) is 24.5 Å². The SMILES string of the molecule is O=C(Cc1ccc(CS)cc1)NC1CCOC1=O. The van der Waals surface area contributed by atoms with Gasteiger partial charge in [0.2, 0.25) is 5.91 Å². The first-order chi connectivity index (χ1) is 8.69. The zero-order chi connectivity index (χ0) is 13.0. The Morgan fingerprint density at radius 2 is 2.00 bits per heavy atom. The van der Waals surface area contributed by atoms with Gasteiger partial charge in [-0.15, -0.1) is 0 Å². The minimum atomic E-state index is -0.478. The monoisotopic (exact) mass is 265 g/mol. The van der Waals surface area contributed by atoms with E-state index in [9.17, 15) is 9.59 Å². The van der Waals surface area contributed by atoms with E-state index in [0.717, 1.165) is 11.1 Å². The number of rotatable bonds is 4. The molecular weight excluding hydrogens is 250 g/mol. The third kappa shape index (κ3) is 3.26. The van der Waals surface area contributed by atoms with Gasteiger partial charge in [0.15, 0.2) is 0 Å². The van der Waals surface area contributed by atoms with Gasteiger partial charge in [-0.2, -0.15) is 12.6 Å². The van der Waals surface area contributed by atoms with Crippen molar-refractivity contribution in [2.45, 2.75) is 24.6 Å². The van der Waals surface area contributed by atoms with Crippen LogP contribution in [0.2, 0.25) is 0 Å². The Balaban J connectivity index is 1.88. The average molecular weight is 265 g/mol. The van der Waals surface area contributed by atoms with Crippen LogP contribution in [-0.2, 0) is 26.5 Å². The number of amides is 1. The molecule has 1 N–H and O–H groups in total. The standard InChI is InChI=1S/C13H15NO3S/c15-12(14-11-5-6-17-13(11)16)7-9-1-3-10(8-18)4-2-9/h1-4,11,18H,5-8H2,(H,14,15). The molecule has 1 fully saturated rings. The third-order valence-electron chi connectivity index (χ3n) is 2.84. The van der Waals surface area contributed by atoms with Crippen LogP contribution in [0.5, 0.6) is 0 Å². The topological polar surface area (TPSA) is 55.4 Å². The summed E-state index contributed by atoms with van der Waals surface area (Å²) in [6, 6.07) is 7.21. The Labute approximate surface area is 111 Å². The van der Waals surface area contributed by atoms with E-state index in [1.54, 1.807) is 0 Å². The lowest BCUT2D eigenvalue weighted by Crippen LogP contribution is -2.38. The molecule has 0 radical (unpaired) electrons. The number of hydrogen-bond acceptors (Lipinski definition) is 4. The molecule has 0 aliphatic carbocycles. The maximum atomic E-state index is 11.7. The Hall–Kier alpha value is -1.49. The van der Waals surface area contributed by atoms with Crippen molar-refractivity contribution < 1.29 is 14.3 Å². The lowest BCUT2D eigenvalue weighted by Gasteiger charge is -2.09. The maximum absolute atomic E-state index is 11.7. The summed E-state index contributed by atoms with van der Waals surface area (Å²) in [6.45, 7) is 0.389. The molecule has 18 heavy (non-hydrogen) atoms. The molecule has 1 aromatic rings. The largest absolute Gasteiger partial charge is 0.464 e. The smallest absolute Gasteiger partial charge is 0.328 e. The Morgan fingerprint density at radius 3 is 2.56 bits per heavy atom. The van der Waals surface area contributed by atoms with Crippen molar-refractivity contribution in [3.8, 4) is 0 Å². The summed E-state index contributed by atoms with van der Waals surface area (Å²) in [5, 5.41) is 2.68. The molecule has 1 aliphatic heterocycles. The maximum Gasteiger partial charge on any atom is 0.328 e. The van der Waals surface area contributed by atoms with Crippen LogP contribution in [0.3, 0.4) is 0 Å². The minimum absolute atomic E-state index is 0.155. The van der Waals surface area contributed by atoms with Gasteiger partial charge in [-0.25, -0.2) is 4.79 Å². The highest BCUT2D eigenvalue weighted by atomic mass is 32.1.